The number of ether oxygens (including phenoxy) is 1. The number of carbonyl (C=O) groups is 1. The van der Waals surface area contributed by atoms with Crippen LogP contribution in [0.3, 0.4) is 0 Å². The highest BCUT2D eigenvalue weighted by Gasteiger charge is 2.43. The number of rotatable bonds is 7. The summed E-state index contributed by atoms with van der Waals surface area (Å²) in [5.74, 6) is -1.09. The van der Waals surface area contributed by atoms with Crippen molar-refractivity contribution in [1.29, 1.82) is 0 Å². The van der Waals surface area contributed by atoms with Crippen LogP contribution in [0, 0.1) is 5.82 Å². The van der Waals surface area contributed by atoms with Crippen molar-refractivity contribution in [3.63, 3.8) is 0 Å². The zero-order valence-electron chi connectivity index (χ0n) is 19.0. The fraction of sp³-hybridized carbons (Fsp3) is 0.231. The fourth-order valence-electron chi connectivity index (χ4n) is 4.06. The first-order chi connectivity index (χ1) is 17.0. The quantitative estimate of drug-likeness (QED) is 0.351. The first kappa shape index (κ1) is 25.5. The molecule has 0 spiro atoms. The Morgan fingerprint density at radius 2 is 1.86 bits per heavy atom. The Balaban J connectivity index is 1.53. The van der Waals surface area contributed by atoms with Gasteiger partial charge in [-0.2, -0.15) is 18.3 Å². The molecule has 0 amide bonds. The van der Waals surface area contributed by atoms with E-state index in [1.54, 1.807) is 48.5 Å². The number of anilines is 1. The Morgan fingerprint density at radius 3 is 2.47 bits per heavy atom. The highest BCUT2D eigenvalue weighted by molar-refractivity contribution is 6.31. The minimum absolute atomic E-state index is 0.354. The summed E-state index contributed by atoms with van der Waals surface area (Å²) in [5, 5.41) is 14.3. The zero-order valence-corrected chi connectivity index (χ0v) is 19.8. The molecule has 0 saturated carbocycles. The van der Waals surface area contributed by atoms with Gasteiger partial charge in [0.1, 0.15) is 17.3 Å². The maximum Gasteiger partial charge on any atom is 0.431 e. The smallest absolute Gasteiger partial charge is 0.431 e. The number of carboxylic acid groups (broad SMARTS) is 1. The number of nitrogens with zero attached hydrogens (tertiary/aromatic N) is 2. The van der Waals surface area contributed by atoms with E-state index in [1.165, 1.54) is 19.2 Å². The van der Waals surface area contributed by atoms with Crippen LogP contribution in [-0.2, 0) is 11.2 Å². The van der Waals surface area contributed by atoms with Gasteiger partial charge in [-0.15, -0.1) is 0 Å². The van der Waals surface area contributed by atoms with E-state index in [9.17, 15) is 22.4 Å². The van der Waals surface area contributed by atoms with Gasteiger partial charge in [-0.25, -0.2) is 4.39 Å². The first-order valence-corrected chi connectivity index (χ1v) is 11.3. The molecular formula is C26H21ClF4N2O3. The molecule has 36 heavy (non-hydrogen) atoms. The molecular weight excluding hydrogens is 500 g/mol. The van der Waals surface area contributed by atoms with Gasteiger partial charge in [-0.1, -0.05) is 35.9 Å². The third kappa shape index (κ3) is 5.62. The van der Waals surface area contributed by atoms with Gasteiger partial charge in [0.25, 0.3) is 0 Å². The van der Waals surface area contributed by atoms with E-state index in [-0.39, 0.29) is 0 Å². The lowest BCUT2D eigenvalue weighted by Gasteiger charge is -2.22. The second-order valence-electron chi connectivity index (χ2n) is 8.34. The van der Waals surface area contributed by atoms with Crippen LogP contribution in [0.2, 0.25) is 5.02 Å². The second kappa shape index (κ2) is 10.2. The number of benzene rings is 3. The number of carboxylic acids is 1. The van der Waals surface area contributed by atoms with Gasteiger partial charge in [-0.05, 0) is 59.5 Å². The summed E-state index contributed by atoms with van der Waals surface area (Å²) in [6, 6.07) is 15.3. The van der Waals surface area contributed by atoms with Crippen molar-refractivity contribution in [3.05, 3.63) is 82.6 Å². The molecule has 0 saturated heterocycles. The molecule has 1 aliphatic rings. The summed E-state index contributed by atoms with van der Waals surface area (Å²) in [5.41, 5.74) is 1.91. The third-order valence-electron chi connectivity index (χ3n) is 5.87. The monoisotopic (exact) mass is 520 g/mol. The van der Waals surface area contributed by atoms with E-state index in [1.807, 2.05) is 0 Å². The van der Waals surface area contributed by atoms with Crippen molar-refractivity contribution in [2.24, 2.45) is 5.10 Å². The molecule has 1 aliphatic heterocycles. The summed E-state index contributed by atoms with van der Waals surface area (Å²) in [6.07, 6.45) is -5.16. The van der Waals surface area contributed by atoms with Gasteiger partial charge in [-0.3, -0.25) is 9.80 Å². The molecule has 0 fully saturated rings. The first-order valence-electron chi connectivity index (χ1n) is 10.9. The molecule has 4 rings (SSSR count). The number of halogens is 5. The normalized spacial score (nSPS) is 15.7. The Kier molecular flexibility index (Phi) is 7.21. The molecule has 10 heteroatoms. The maximum absolute atomic E-state index is 14.3. The largest absolute Gasteiger partial charge is 0.497 e. The van der Waals surface area contributed by atoms with Crippen molar-refractivity contribution in [2.45, 2.75) is 31.5 Å². The molecule has 1 atom stereocenters. The van der Waals surface area contributed by atoms with E-state index in [4.69, 9.17) is 21.4 Å². The van der Waals surface area contributed by atoms with E-state index in [2.05, 4.69) is 5.10 Å². The fourth-order valence-corrected chi connectivity index (χ4v) is 4.31. The van der Waals surface area contributed by atoms with Crippen molar-refractivity contribution in [1.82, 2.24) is 0 Å². The number of alkyl halides is 3. The molecule has 188 valence electrons. The Labute approximate surface area is 209 Å². The van der Waals surface area contributed by atoms with Gasteiger partial charge in [0, 0.05) is 17.0 Å². The summed E-state index contributed by atoms with van der Waals surface area (Å²) in [4.78, 5) is 11.1. The number of hydrazone groups is 1. The summed E-state index contributed by atoms with van der Waals surface area (Å²) < 4.78 is 59.0. The lowest BCUT2D eigenvalue weighted by Crippen LogP contribution is -2.29. The van der Waals surface area contributed by atoms with Crippen molar-refractivity contribution >= 4 is 29.0 Å². The highest BCUT2D eigenvalue weighted by atomic mass is 35.5. The Morgan fingerprint density at radius 1 is 1.14 bits per heavy atom. The molecule has 0 bridgehead atoms. The molecule has 3 aromatic carbocycles. The van der Waals surface area contributed by atoms with E-state index in [0.29, 0.717) is 34.0 Å². The predicted molar refractivity (Wildman–Crippen MR) is 129 cm³/mol. The van der Waals surface area contributed by atoms with E-state index < -0.39 is 42.6 Å². The van der Waals surface area contributed by atoms with Crippen LogP contribution in [0.1, 0.15) is 24.0 Å². The van der Waals surface area contributed by atoms with Crippen LogP contribution in [0.4, 0.5) is 23.2 Å². The van der Waals surface area contributed by atoms with Crippen LogP contribution in [0.25, 0.3) is 11.1 Å². The van der Waals surface area contributed by atoms with Gasteiger partial charge < -0.3 is 9.84 Å². The van der Waals surface area contributed by atoms with Crippen molar-refractivity contribution in [3.8, 4) is 16.9 Å². The standard InChI is InChI=1S/C26H21ClF4N2O3/c1-36-20-8-9-23(28)21(14-20)16-4-5-17(22(27)11-16)10-15-2-6-18(7-3-15)33-19(13-25(34)35)12-24(32-33)26(29,30)31/h2-9,11,14,19H,10,12-13H2,1H3,(H,34,35)/t19-/m1/s1. The van der Waals surface area contributed by atoms with Gasteiger partial charge in [0.15, 0.2) is 0 Å². The average Bonchev–Trinajstić information content (AvgIpc) is 3.25. The lowest BCUT2D eigenvalue weighted by molar-refractivity contribution is -0.137. The number of hydrogen-bond donors (Lipinski definition) is 1. The van der Waals surface area contributed by atoms with E-state index >= 15 is 0 Å². The second-order valence-corrected chi connectivity index (χ2v) is 8.75. The van der Waals surface area contributed by atoms with Gasteiger partial charge >= 0.3 is 12.1 Å². The summed E-state index contributed by atoms with van der Waals surface area (Å²) in [6.45, 7) is 0. The molecule has 0 aliphatic carbocycles. The predicted octanol–water partition coefficient (Wildman–Crippen LogP) is 6.72. The average molecular weight is 521 g/mol. The van der Waals surface area contributed by atoms with Crippen molar-refractivity contribution in [2.75, 3.05) is 12.1 Å². The molecule has 0 unspecified atom stereocenters. The Bertz CT molecular complexity index is 1310. The maximum atomic E-state index is 14.3. The van der Waals surface area contributed by atoms with Crippen LogP contribution < -0.4 is 9.75 Å². The summed E-state index contributed by atoms with van der Waals surface area (Å²) in [7, 11) is 1.50. The number of aliphatic carboxylic acids is 1. The highest BCUT2D eigenvalue weighted by Crippen LogP contribution is 2.34. The topological polar surface area (TPSA) is 62.1 Å². The van der Waals surface area contributed by atoms with E-state index in [0.717, 1.165) is 16.1 Å². The van der Waals surface area contributed by atoms with Crippen LogP contribution in [0.5, 0.6) is 5.75 Å². The third-order valence-corrected chi connectivity index (χ3v) is 6.23. The molecule has 5 nitrogen and oxygen atoms in total. The van der Waals surface area contributed by atoms with Crippen LogP contribution in [-0.4, -0.2) is 36.1 Å². The van der Waals surface area contributed by atoms with Gasteiger partial charge in [0.05, 0.1) is 25.3 Å². The SMILES string of the molecule is COc1ccc(F)c(-c2ccc(Cc3ccc(N4N=C(C(F)(F)F)C[C@@H]4CC(=O)O)cc3)c(Cl)c2)c1. The van der Waals surface area contributed by atoms with Crippen LogP contribution >= 0.6 is 11.6 Å². The molecule has 3 aromatic rings. The zero-order chi connectivity index (χ0) is 26.0. The molecule has 0 aromatic heterocycles. The molecule has 0 radical (unpaired) electrons. The van der Waals surface area contributed by atoms with Gasteiger partial charge in [0.2, 0.25) is 0 Å². The van der Waals surface area contributed by atoms with Crippen LogP contribution in [0.15, 0.2) is 65.8 Å². The number of methoxy groups -OCH3 is 1. The minimum atomic E-state index is -4.62. The minimum Gasteiger partial charge on any atom is -0.497 e. The molecule has 1 N–H and O–H groups in total. The van der Waals surface area contributed by atoms with Crippen molar-refractivity contribution < 1.29 is 32.2 Å². The number of hydrogen-bond acceptors (Lipinski definition) is 4. The molecule has 1 heterocycles. The lowest BCUT2D eigenvalue weighted by atomic mass is 9.99. The summed E-state index contributed by atoms with van der Waals surface area (Å²) >= 11 is 6.47. The Hall–Kier alpha value is -3.59.